The molecule has 1 unspecified atom stereocenters. The maximum atomic E-state index is 9.34. The molecule has 1 N–H and O–H groups in total. The molecule has 0 aromatic heterocycles. The molecular formula is C15H33NO3. The van der Waals surface area contributed by atoms with Gasteiger partial charge in [-0.05, 0) is 32.6 Å². The van der Waals surface area contributed by atoms with E-state index >= 15 is 0 Å². The second-order valence-electron chi connectivity index (χ2n) is 5.23. The van der Waals surface area contributed by atoms with Gasteiger partial charge in [0.15, 0.2) is 0 Å². The third-order valence-corrected chi connectivity index (χ3v) is 3.13. The summed E-state index contributed by atoms with van der Waals surface area (Å²) in [7, 11) is 0. The number of hydrogen-bond donors (Lipinski definition) is 1. The van der Waals surface area contributed by atoms with Gasteiger partial charge < -0.3 is 19.5 Å². The molecule has 19 heavy (non-hydrogen) atoms. The molecule has 0 aliphatic heterocycles. The summed E-state index contributed by atoms with van der Waals surface area (Å²) < 4.78 is 1.38. The zero-order chi connectivity index (χ0) is 15.3. The van der Waals surface area contributed by atoms with E-state index in [2.05, 4.69) is 27.7 Å². The van der Waals surface area contributed by atoms with Gasteiger partial charge in [0.25, 0.3) is 0 Å². The average molecular weight is 275 g/mol. The number of carboxylic acids is 1. The van der Waals surface area contributed by atoms with Crippen LogP contribution in [0, 0.1) is 0 Å². The maximum absolute atomic E-state index is 9.34. The van der Waals surface area contributed by atoms with E-state index in [1.54, 1.807) is 0 Å². The van der Waals surface area contributed by atoms with E-state index in [9.17, 15) is 9.90 Å². The molecule has 0 amide bonds. The Morgan fingerprint density at radius 2 is 1.16 bits per heavy atom. The van der Waals surface area contributed by atoms with Crippen LogP contribution in [0.5, 0.6) is 0 Å². The molecule has 4 nitrogen and oxygen atoms in total. The highest BCUT2D eigenvalue weighted by atomic mass is 16.4. The van der Waals surface area contributed by atoms with Crippen molar-refractivity contribution < 1.29 is 19.5 Å². The molecule has 0 radical (unpaired) electrons. The Balaban J connectivity index is 0. The number of nitrogens with zero attached hydrogens (tertiary/aromatic N) is 1. The first-order chi connectivity index (χ1) is 8.89. The summed E-state index contributed by atoms with van der Waals surface area (Å²) in [6.45, 7) is 15.9. The molecule has 0 aliphatic carbocycles. The second kappa shape index (κ2) is 12.4. The lowest BCUT2D eigenvalue weighted by Gasteiger charge is -2.38. The van der Waals surface area contributed by atoms with Gasteiger partial charge in [0.2, 0.25) is 0 Å². The highest BCUT2D eigenvalue weighted by Crippen LogP contribution is 2.12. The van der Waals surface area contributed by atoms with Crippen molar-refractivity contribution in [3.63, 3.8) is 0 Å². The first kappa shape index (κ1) is 20.7. The number of carbonyl (C=O) groups excluding carboxylic acids is 1. The minimum atomic E-state index is -1.44. The fraction of sp³-hybridized carbons (Fsp3) is 0.933. The predicted octanol–water partition coefficient (Wildman–Crippen LogP) is 1.56. The average Bonchev–Trinajstić information content (AvgIpc) is 2.31. The predicted molar refractivity (Wildman–Crippen MR) is 77.6 cm³/mol. The molecule has 4 heteroatoms. The van der Waals surface area contributed by atoms with Crippen molar-refractivity contribution >= 4 is 5.97 Å². The van der Waals surface area contributed by atoms with Crippen LogP contribution in [-0.2, 0) is 4.79 Å². The molecule has 0 aliphatic rings. The molecule has 0 heterocycles. The van der Waals surface area contributed by atoms with Crippen molar-refractivity contribution in [2.75, 3.05) is 26.2 Å². The lowest BCUT2D eigenvalue weighted by atomic mass is 10.2. The number of carboxylic acid groups (broad SMARTS) is 1. The SMILES string of the molecule is CC(O)C(=O)[O-].CCC[N+](CCC)(CCC)CCC. The summed E-state index contributed by atoms with van der Waals surface area (Å²) in [4.78, 5) is 9.34. The molecule has 0 bridgehead atoms. The van der Waals surface area contributed by atoms with E-state index in [1.165, 1.54) is 56.3 Å². The van der Waals surface area contributed by atoms with Crippen molar-refractivity contribution in [3.8, 4) is 0 Å². The standard InChI is InChI=1S/C12H28N.C3H6O3/c1-5-9-13(10-6-2,11-7-3)12-8-4;1-2(4)3(5)6/h5-12H2,1-4H3;2,4H,1H3,(H,5,6)/q+1;/p-1. The second-order valence-corrected chi connectivity index (χ2v) is 5.23. The Hall–Kier alpha value is -0.610. The van der Waals surface area contributed by atoms with Crippen LogP contribution in [0.1, 0.15) is 60.3 Å². The molecule has 0 saturated heterocycles. The summed E-state index contributed by atoms with van der Waals surface area (Å²) in [6, 6.07) is 0. The fourth-order valence-corrected chi connectivity index (χ4v) is 2.57. The first-order valence-electron chi connectivity index (χ1n) is 7.63. The Kier molecular flexibility index (Phi) is 13.5. The minimum Gasteiger partial charge on any atom is -0.547 e. The lowest BCUT2D eigenvalue weighted by Crippen LogP contribution is -2.50. The molecule has 0 saturated carbocycles. The highest BCUT2D eigenvalue weighted by Gasteiger charge is 2.22. The van der Waals surface area contributed by atoms with E-state index in [0.717, 1.165) is 6.92 Å². The first-order valence-corrected chi connectivity index (χ1v) is 7.63. The number of quaternary nitrogens is 1. The van der Waals surface area contributed by atoms with Gasteiger partial charge in [-0.25, -0.2) is 0 Å². The number of aliphatic hydroxyl groups excluding tert-OH is 1. The minimum absolute atomic E-state index is 1.13. The van der Waals surface area contributed by atoms with Gasteiger partial charge in [-0.3, -0.25) is 0 Å². The van der Waals surface area contributed by atoms with Gasteiger partial charge >= 0.3 is 0 Å². The molecule has 0 aromatic rings. The van der Waals surface area contributed by atoms with Gasteiger partial charge in [0.1, 0.15) is 0 Å². The van der Waals surface area contributed by atoms with Crippen LogP contribution >= 0.6 is 0 Å². The number of hydrogen-bond acceptors (Lipinski definition) is 3. The highest BCUT2D eigenvalue weighted by molar-refractivity contribution is 5.68. The lowest BCUT2D eigenvalue weighted by molar-refractivity contribution is -0.928. The van der Waals surface area contributed by atoms with E-state index < -0.39 is 12.1 Å². The van der Waals surface area contributed by atoms with Crippen LogP contribution in [0.3, 0.4) is 0 Å². The van der Waals surface area contributed by atoms with Crippen LogP contribution in [0.2, 0.25) is 0 Å². The molecule has 0 fully saturated rings. The van der Waals surface area contributed by atoms with E-state index in [4.69, 9.17) is 5.11 Å². The monoisotopic (exact) mass is 275 g/mol. The van der Waals surface area contributed by atoms with Crippen molar-refractivity contribution in [1.29, 1.82) is 0 Å². The zero-order valence-corrected chi connectivity index (χ0v) is 13.4. The van der Waals surface area contributed by atoms with Crippen LogP contribution < -0.4 is 5.11 Å². The summed E-state index contributed by atoms with van der Waals surface area (Å²) in [6.07, 6.45) is 3.99. The van der Waals surface area contributed by atoms with Crippen molar-refractivity contribution in [3.05, 3.63) is 0 Å². The summed E-state index contributed by atoms with van der Waals surface area (Å²) >= 11 is 0. The van der Waals surface area contributed by atoms with Crippen LogP contribution in [0.4, 0.5) is 0 Å². The van der Waals surface area contributed by atoms with E-state index in [1.807, 2.05) is 0 Å². The van der Waals surface area contributed by atoms with Crippen LogP contribution in [0.15, 0.2) is 0 Å². The number of aliphatic hydroxyl groups is 1. The Labute approximate surface area is 119 Å². The van der Waals surface area contributed by atoms with Gasteiger partial charge in [-0.2, -0.15) is 0 Å². The number of rotatable bonds is 9. The molecule has 0 aromatic carbocycles. The normalized spacial score (nSPS) is 12.5. The third-order valence-electron chi connectivity index (χ3n) is 3.13. The molecular weight excluding hydrogens is 242 g/mol. The van der Waals surface area contributed by atoms with Gasteiger partial charge in [-0.15, -0.1) is 0 Å². The zero-order valence-electron chi connectivity index (χ0n) is 13.4. The largest absolute Gasteiger partial charge is 0.547 e. The van der Waals surface area contributed by atoms with Crippen LogP contribution in [-0.4, -0.2) is 47.8 Å². The van der Waals surface area contributed by atoms with E-state index in [0.29, 0.717) is 0 Å². The molecule has 0 rings (SSSR count). The molecule has 1 atom stereocenters. The van der Waals surface area contributed by atoms with Gasteiger partial charge in [0, 0.05) is 0 Å². The molecule has 116 valence electrons. The topological polar surface area (TPSA) is 60.4 Å². The summed E-state index contributed by atoms with van der Waals surface area (Å²) in [5, 5.41) is 17.3. The Bertz CT molecular complexity index is 188. The van der Waals surface area contributed by atoms with Crippen LogP contribution in [0.25, 0.3) is 0 Å². The Morgan fingerprint density at radius 1 is 0.947 bits per heavy atom. The number of aliphatic carboxylic acids is 1. The molecule has 0 spiro atoms. The quantitative estimate of drug-likeness (QED) is 0.650. The summed E-state index contributed by atoms with van der Waals surface area (Å²) in [5.41, 5.74) is 0. The third kappa shape index (κ3) is 11.0. The van der Waals surface area contributed by atoms with Crippen molar-refractivity contribution in [2.24, 2.45) is 0 Å². The van der Waals surface area contributed by atoms with Crippen molar-refractivity contribution in [1.82, 2.24) is 0 Å². The fourth-order valence-electron chi connectivity index (χ4n) is 2.57. The summed E-state index contributed by atoms with van der Waals surface area (Å²) in [5.74, 6) is -1.44. The smallest absolute Gasteiger partial charge is 0.0905 e. The maximum Gasteiger partial charge on any atom is 0.0905 e. The number of carbonyl (C=O) groups is 1. The van der Waals surface area contributed by atoms with Gasteiger partial charge in [0.05, 0.1) is 38.3 Å². The van der Waals surface area contributed by atoms with Crippen molar-refractivity contribution in [2.45, 2.75) is 66.4 Å². The van der Waals surface area contributed by atoms with Gasteiger partial charge in [-0.1, -0.05) is 27.7 Å². The van der Waals surface area contributed by atoms with E-state index in [-0.39, 0.29) is 0 Å². The Morgan fingerprint density at radius 3 is 1.26 bits per heavy atom.